The number of nitrogens with one attached hydrogen (secondary N) is 1. The van der Waals surface area contributed by atoms with Crippen molar-refractivity contribution in [3.63, 3.8) is 0 Å². The molecular weight excluding hydrogens is 356 g/mol. The number of nitrogens with zero attached hydrogens (tertiary/aromatic N) is 4. The minimum Gasteiger partial charge on any atom is -0.356 e. The van der Waals surface area contributed by atoms with Gasteiger partial charge in [0.25, 0.3) is 12.0 Å². The monoisotopic (exact) mass is 381 g/mol. The Balaban J connectivity index is 1.92. The number of anilines is 1. The molecule has 2 aliphatic rings. The van der Waals surface area contributed by atoms with Crippen molar-refractivity contribution in [2.45, 2.75) is 50.9 Å². The lowest BCUT2D eigenvalue weighted by Crippen LogP contribution is -2.59. The van der Waals surface area contributed by atoms with Crippen LogP contribution in [0.4, 0.5) is 14.6 Å². The summed E-state index contributed by atoms with van der Waals surface area (Å²) in [4.78, 5) is 14.0. The number of pyridine rings is 1. The molecule has 0 amide bonds. The molecule has 4 heterocycles. The summed E-state index contributed by atoms with van der Waals surface area (Å²) < 4.78 is 36.8. The van der Waals surface area contributed by atoms with E-state index in [1.54, 1.807) is 22.7 Å². The normalized spacial score (nSPS) is 26.9. The van der Waals surface area contributed by atoms with E-state index < -0.39 is 12.5 Å². The lowest BCUT2D eigenvalue weighted by atomic mass is 10.1. The molecule has 0 aromatic carbocycles. The number of hydrogen-bond acceptors (Lipinski definition) is 5. The molecule has 2 saturated heterocycles. The summed E-state index contributed by atoms with van der Waals surface area (Å²) in [7, 11) is 1.66. The average Bonchev–Trinajstić information content (AvgIpc) is 3.05. The van der Waals surface area contributed by atoms with E-state index in [1.807, 2.05) is 6.92 Å². The Labute approximate surface area is 155 Å². The smallest absolute Gasteiger partial charge is 0.259 e. The van der Waals surface area contributed by atoms with E-state index in [4.69, 9.17) is 4.74 Å². The zero-order valence-corrected chi connectivity index (χ0v) is 15.6. The number of alkyl halides is 2. The number of aromatic nitrogens is 3. The van der Waals surface area contributed by atoms with Crippen LogP contribution >= 0.6 is 0 Å². The zero-order valence-electron chi connectivity index (χ0n) is 15.6. The molecule has 0 saturated carbocycles. The fourth-order valence-electron chi connectivity index (χ4n) is 4.02. The maximum Gasteiger partial charge on any atom is 0.259 e. The molecule has 0 spiro atoms. The average molecular weight is 381 g/mol. The van der Waals surface area contributed by atoms with E-state index in [9.17, 15) is 13.6 Å². The van der Waals surface area contributed by atoms with Gasteiger partial charge in [-0.15, -0.1) is 0 Å². The summed E-state index contributed by atoms with van der Waals surface area (Å²) >= 11 is 0. The fourth-order valence-corrected chi connectivity index (χ4v) is 4.02. The highest BCUT2D eigenvalue weighted by atomic mass is 19.3. The van der Waals surface area contributed by atoms with Crippen LogP contribution in [0, 0.1) is 0 Å². The van der Waals surface area contributed by atoms with E-state index in [2.05, 4.69) is 10.4 Å². The highest BCUT2D eigenvalue weighted by molar-refractivity contribution is 5.87. The van der Waals surface area contributed by atoms with Gasteiger partial charge in [-0.05, 0) is 32.3 Å². The summed E-state index contributed by atoms with van der Waals surface area (Å²) in [6.45, 7) is 3.17. The highest BCUT2D eigenvalue weighted by Crippen LogP contribution is 2.35. The molecule has 9 heteroatoms. The van der Waals surface area contributed by atoms with Crippen molar-refractivity contribution in [3.05, 3.63) is 22.5 Å². The van der Waals surface area contributed by atoms with E-state index in [1.165, 1.54) is 10.6 Å². The molecule has 3 atom stereocenters. The van der Waals surface area contributed by atoms with Gasteiger partial charge in [0.15, 0.2) is 12.0 Å². The number of fused-ring (bicyclic) bond motifs is 1. The lowest BCUT2D eigenvalue weighted by Gasteiger charge is -2.41. The van der Waals surface area contributed by atoms with Crippen LogP contribution in [0.2, 0.25) is 0 Å². The number of rotatable bonds is 3. The molecule has 2 aromatic heterocycles. The second-order valence-corrected chi connectivity index (χ2v) is 7.42. The van der Waals surface area contributed by atoms with Crippen LogP contribution in [0.1, 0.15) is 32.4 Å². The predicted octanol–water partition coefficient (Wildman–Crippen LogP) is 1.87. The van der Waals surface area contributed by atoms with Gasteiger partial charge in [0.2, 0.25) is 0 Å². The van der Waals surface area contributed by atoms with Gasteiger partial charge in [-0.25, -0.2) is 13.5 Å². The maximum absolute atomic E-state index is 13.8. The Kier molecular flexibility index (Phi) is 4.90. The molecule has 148 valence electrons. The van der Waals surface area contributed by atoms with Gasteiger partial charge < -0.3 is 19.5 Å². The topological polar surface area (TPSA) is 64.3 Å². The fraction of sp³-hybridized carbons (Fsp3) is 0.667. The Morgan fingerprint density at radius 1 is 1.33 bits per heavy atom. The predicted molar refractivity (Wildman–Crippen MR) is 98.4 cm³/mol. The number of hydrogen-bond donors (Lipinski definition) is 1. The molecule has 27 heavy (non-hydrogen) atoms. The Bertz CT molecular complexity index is 874. The van der Waals surface area contributed by atoms with E-state index in [-0.39, 0.29) is 24.4 Å². The van der Waals surface area contributed by atoms with Crippen LogP contribution in [0.3, 0.4) is 0 Å². The first-order valence-electron chi connectivity index (χ1n) is 9.45. The molecule has 7 nitrogen and oxygen atoms in total. The second kappa shape index (κ2) is 7.20. The first-order valence-corrected chi connectivity index (χ1v) is 9.45. The van der Waals surface area contributed by atoms with Crippen molar-refractivity contribution in [2.75, 3.05) is 24.6 Å². The third-order valence-corrected chi connectivity index (χ3v) is 5.47. The Morgan fingerprint density at radius 2 is 2.15 bits per heavy atom. The zero-order chi connectivity index (χ0) is 19.1. The molecule has 0 aliphatic carbocycles. The van der Waals surface area contributed by atoms with Gasteiger partial charge in [-0.3, -0.25) is 4.79 Å². The van der Waals surface area contributed by atoms with Crippen LogP contribution in [0.15, 0.2) is 16.9 Å². The van der Waals surface area contributed by atoms with E-state index in [0.717, 1.165) is 19.3 Å². The standard InChI is InChI=1S/C18H25F2N5O2/c1-11-10-24(13(9-21-11)17(19)20)18-16-12(6-7-14(26)23(16)2)22-25(18)15-5-3-4-8-27-15/h6-7,11,13,15,17,21H,3-5,8-10H2,1-2H3/t11-,13-,15?/m1/s1. The third-order valence-electron chi connectivity index (χ3n) is 5.47. The maximum atomic E-state index is 13.8. The van der Waals surface area contributed by atoms with Crippen molar-refractivity contribution in [3.8, 4) is 0 Å². The molecule has 4 rings (SSSR count). The van der Waals surface area contributed by atoms with Crippen molar-refractivity contribution in [1.82, 2.24) is 19.7 Å². The summed E-state index contributed by atoms with van der Waals surface area (Å²) in [6, 6.07) is 2.17. The Hall–Kier alpha value is -2.00. The highest BCUT2D eigenvalue weighted by Gasteiger charge is 2.37. The number of ether oxygens (including phenoxy) is 1. The summed E-state index contributed by atoms with van der Waals surface area (Å²) in [5.74, 6) is 0.552. The van der Waals surface area contributed by atoms with Crippen molar-refractivity contribution in [2.24, 2.45) is 7.05 Å². The largest absolute Gasteiger partial charge is 0.356 e. The molecule has 2 aliphatic heterocycles. The number of halogens is 2. The molecular formula is C18H25F2N5O2. The van der Waals surface area contributed by atoms with Crippen LogP contribution in [0.5, 0.6) is 0 Å². The third kappa shape index (κ3) is 3.23. The van der Waals surface area contributed by atoms with Gasteiger partial charge in [0.05, 0.1) is 0 Å². The molecule has 0 bridgehead atoms. The van der Waals surface area contributed by atoms with Gasteiger partial charge in [-0.2, -0.15) is 5.10 Å². The number of aryl methyl sites for hydroxylation is 1. The van der Waals surface area contributed by atoms with Crippen LogP contribution in [-0.2, 0) is 11.8 Å². The SMILES string of the molecule is C[C@@H]1CN(c2c3c(ccc(=O)n3C)nn2C2CCCCO2)[C@@H](C(F)F)CN1. The van der Waals surface area contributed by atoms with E-state index in [0.29, 0.717) is 30.0 Å². The van der Waals surface area contributed by atoms with Crippen molar-refractivity contribution in [1.29, 1.82) is 0 Å². The first kappa shape index (κ1) is 18.4. The van der Waals surface area contributed by atoms with Crippen molar-refractivity contribution >= 4 is 16.9 Å². The molecule has 2 aromatic rings. The Morgan fingerprint density at radius 3 is 2.85 bits per heavy atom. The molecule has 1 N–H and O–H groups in total. The van der Waals surface area contributed by atoms with Crippen LogP contribution < -0.4 is 15.8 Å². The van der Waals surface area contributed by atoms with Crippen molar-refractivity contribution < 1.29 is 13.5 Å². The summed E-state index contributed by atoms with van der Waals surface area (Å²) in [5.41, 5.74) is 1.00. The van der Waals surface area contributed by atoms with Crippen LogP contribution in [0.25, 0.3) is 11.0 Å². The second-order valence-electron chi connectivity index (χ2n) is 7.42. The first-order chi connectivity index (χ1) is 13.0. The van der Waals surface area contributed by atoms with Crippen LogP contribution in [-0.4, -0.2) is 52.6 Å². The summed E-state index contributed by atoms with van der Waals surface area (Å²) in [6.07, 6.45) is -0.0722. The molecule has 0 radical (unpaired) electrons. The molecule has 1 unspecified atom stereocenters. The quantitative estimate of drug-likeness (QED) is 0.879. The van der Waals surface area contributed by atoms with Gasteiger partial charge >= 0.3 is 0 Å². The lowest BCUT2D eigenvalue weighted by molar-refractivity contribution is -0.0387. The van der Waals surface area contributed by atoms with Gasteiger partial charge in [0.1, 0.15) is 17.1 Å². The van der Waals surface area contributed by atoms with Gasteiger partial charge in [0, 0.05) is 38.9 Å². The summed E-state index contributed by atoms with van der Waals surface area (Å²) in [5, 5.41) is 7.78. The van der Waals surface area contributed by atoms with Gasteiger partial charge in [-0.1, -0.05) is 0 Å². The van der Waals surface area contributed by atoms with E-state index >= 15 is 0 Å². The minimum atomic E-state index is -2.52. The number of piperazine rings is 1. The molecule has 2 fully saturated rings. The minimum absolute atomic E-state index is 0.0476.